The molecule has 2 aliphatic rings. The summed E-state index contributed by atoms with van der Waals surface area (Å²) in [6, 6.07) is 0.782. The summed E-state index contributed by atoms with van der Waals surface area (Å²) in [5, 5.41) is 3.73. The first-order chi connectivity index (χ1) is 7.88. The lowest BCUT2D eigenvalue weighted by Crippen LogP contribution is -2.42. The van der Waals surface area contributed by atoms with E-state index in [-0.39, 0.29) is 0 Å². The van der Waals surface area contributed by atoms with Crippen molar-refractivity contribution in [3.05, 3.63) is 11.6 Å². The van der Waals surface area contributed by atoms with Gasteiger partial charge in [0.25, 0.3) is 0 Å². The van der Waals surface area contributed by atoms with Gasteiger partial charge in [0.15, 0.2) is 0 Å². The summed E-state index contributed by atoms with van der Waals surface area (Å²) < 4.78 is 0. The third kappa shape index (κ3) is 3.60. The minimum Gasteiger partial charge on any atom is -0.314 e. The third-order valence-electron chi connectivity index (χ3n) is 4.05. The predicted octanol–water partition coefficient (Wildman–Crippen LogP) is 2.56. The highest BCUT2D eigenvalue weighted by Crippen LogP contribution is 2.20. The van der Waals surface area contributed by atoms with E-state index in [1.54, 1.807) is 5.57 Å². The fraction of sp³-hybridized carbons (Fsp3) is 0.857. The Balaban J connectivity index is 1.56. The summed E-state index contributed by atoms with van der Waals surface area (Å²) in [4.78, 5) is 2.55. The molecule has 0 saturated carbocycles. The molecule has 16 heavy (non-hydrogen) atoms. The van der Waals surface area contributed by atoms with E-state index in [0.717, 1.165) is 6.04 Å². The highest BCUT2D eigenvalue weighted by atomic mass is 15.1. The molecule has 0 aromatic rings. The van der Waals surface area contributed by atoms with E-state index >= 15 is 0 Å². The van der Waals surface area contributed by atoms with Gasteiger partial charge in [-0.3, -0.25) is 0 Å². The molecule has 1 saturated heterocycles. The number of piperidine rings is 1. The Labute approximate surface area is 100 Å². The van der Waals surface area contributed by atoms with Crippen LogP contribution in [0.5, 0.6) is 0 Å². The SMILES string of the molecule is CCN1CCC(NCCC2=CCCC2)CC1. The van der Waals surface area contributed by atoms with Crippen LogP contribution in [0.3, 0.4) is 0 Å². The molecule has 0 unspecified atom stereocenters. The fourth-order valence-electron chi connectivity index (χ4n) is 2.85. The minimum absolute atomic E-state index is 0.782. The van der Waals surface area contributed by atoms with Gasteiger partial charge in [-0.1, -0.05) is 18.6 Å². The summed E-state index contributed by atoms with van der Waals surface area (Å²) in [5.74, 6) is 0. The lowest BCUT2D eigenvalue weighted by molar-refractivity contribution is 0.207. The van der Waals surface area contributed by atoms with E-state index in [2.05, 4.69) is 23.2 Å². The van der Waals surface area contributed by atoms with E-state index in [1.165, 1.54) is 64.7 Å². The Bertz CT molecular complexity index is 227. The monoisotopic (exact) mass is 222 g/mol. The average Bonchev–Trinajstić information content (AvgIpc) is 2.83. The zero-order valence-corrected chi connectivity index (χ0v) is 10.7. The predicted molar refractivity (Wildman–Crippen MR) is 69.7 cm³/mol. The lowest BCUT2D eigenvalue weighted by atomic mass is 10.0. The second kappa shape index (κ2) is 6.41. The van der Waals surface area contributed by atoms with Crippen LogP contribution in [-0.4, -0.2) is 37.1 Å². The van der Waals surface area contributed by atoms with Crippen molar-refractivity contribution in [2.24, 2.45) is 0 Å². The zero-order chi connectivity index (χ0) is 11.2. The molecule has 1 heterocycles. The van der Waals surface area contributed by atoms with E-state index in [9.17, 15) is 0 Å². The highest BCUT2D eigenvalue weighted by Gasteiger charge is 2.17. The van der Waals surface area contributed by atoms with Crippen LogP contribution in [-0.2, 0) is 0 Å². The summed E-state index contributed by atoms with van der Waals surface area (Å²) in [6.07, 6.45) is 10.5. The van der Waals surface area contributed by atoms with E-state index in [0.29, 0.717) is 0 Å². The Kier molecular flexibility index (Phi) is 4.86. The molecular weight excluding hydrogens is 196 g/mol. The normalized spacial score (nSPS) is 23.7. The molecule has 0 bridgehead atoms. The van der Waals surface area contributed by atoms with Crippen LogP contribution in [0.1, 0.15) is 45.4 Å². The van der Waals surface area contributed by atoms with Crippen molar-refractivity contribution in [3.8, 4) is 0 Å². The molecular formula is C14H26N2. The second-order valence-electron chi connectivity index (χ2n) is 5.17. The molecule has 0 amide bonds. The van der Waals surface area contributed by atoms with Gasteiger partial charge in [-0.05, 0) is 64.7 Å². The molecule has 2 heteroatoms. The van der Waals surface area contributed by atoms with Crippen molar-refractivity contribution in [1.82, 2.24) is 10.2 Å². The van der Waals surface area contributed by atoms with Crippen molar-refractivity contribution >= 4 is 0 Å². The first-order valence-electron chi connectivity index (χ1n) is 7.02. The Hall–Kier alpha value is -0.340. The zero-order valence-electron chi connectivity index (χ0n) is 10.7. The van der Waals surface area contributed by atoms with Crippen molar-refractivity contribution in [2.75, 3.05) is 26.2 Å². The molecule has 2 rings (SSSR count). The molecule has 0 aromatic heterocycles. The number of allylic oxidation sites excluding steroid dienone is 1. The Morgan fingerprint density at radius 2 is 2.19 bits per heavy atom. The molecule has 1 N–H and O–H groups in total. The number of hydrogen-bond donors (Lipinski definition) is 1. The quantitative estimate of drug-likeness (QED) is 0.719. The number of hydrogen-bond acceptors (Lipinski definition) is 2. The van der Waals surface area contributed by atoms with Crippen molar-refractivity contribution in [2.45, 2.75) is 51.5 Å². The van der Waals surface area contributed by atoms with Gasteiger partial charge in [-0.2, -0.15) is 0 Å². The van der Waals surface area contributed by atoms with Crippen LogP contribution >= 0.6 is 0 Å². The van der Waals surface area contributed by atoms with Gasteiger partial charge in [0.1, 0.15) is 0 Å². The summed E-state index contributed by atoms with van der Waals surface area (Å²) in [7, 11) is 0. The maximum absolute atomic E-state index is 3.73. The van der Waals surface area contributed by atoms with Crippen molar-refractivity contribution in [1.29, 1.82) is 0 Å². The van der Waals surface area contributed by atoms with Crippen LogP contribution in [0, 0.1) is 0 Å². The first-order valence-corrected chi connectivity index (χ1v) is 7.02. The first kappa shape index (κ1) is 12.1. The van der Waals surface area contributed by atoms with Gasteiger partial charge in [-0.15, -0.1) is 0 Å². The maximum atomic E-state index is 3.73. The topological polar surface area (TPSA) is 15.3 Å². The van der Waals surface area contributed by atoms with Crippen LogP contribution < -0.4 is 5.32 Å². The molecule has 92 valence electrons. The van der Waals surface area contributed by atoms with Gasteiger partial charge in [-0.25, -0.2) is 0 Å². The standard InChI is InChI=1S/C14H26N2/c1-2-16-11-8-14(9-12-16)15-10-7-13-5-3-4-6-13/h5,14-15H,2-4,6-12H2,1H3. The highest BCUT2D eigenvalue weighted by molar-refractivity contribution is 5.07. The molecule has 1 fully saturated rings. The number of nitrogens with one attached hydrogen (secondary N) is 1. The lowest BCUT2D eigenvalue weighted by Gasteiger charge is -2.31. The maximum Gasteiger partial charge on any atom is 0.00915 e. The summed E-state index contributed by atoms with van der Waals surface area (Å²) in [6.45, 7) is 7.26. The molecule has 1 aliphatic heterocycles. The molecule has 0 spiro atoms. The fourth-order valence-corrected chi connectivity index (χ4v) is 2.85. The van der Waals surface area contributed by atoms with E-state index in [1.807, 2.05) is 0 Å². The smallest absolute Gasteiger partial charge is 0.00915 e. The average molecular weight is 222 g/mol. The number of rotatable bonds is 5. The van der Waals surface area contributed by atoms with Crippen LogP contribution in [0.15, 0.2) is 11.6 Å². The van der Waals surface area contributed by atoms with Crippen LogP contribution in [0.25, 0.3) is 0 Å². The third-order valence-corrected chi connectivity index (χ3v) is 4.05. The number of nitrogens with zero attached hydrogens (tertiary/aromatic N) is 1. The molecule has 0 atom stereocenters. The van der Waals surface area contributed by atoms with Crippen LogP contribution in [0.2, 0.25) is 0 Å². The summed E-state index contributed by atoms with van der Waals surface area (Å²) >= 11 is 0. The molecule has 0 radical (unpaired) electrons. The van der Waals surface area contributed by atoms with Crippen molar-refractivity contribution < 1.29 is 0 Å². The van der Waals surface area contributed by atoms with Gasteiger partial charge in [0, 0.05) is 6.04 Å². The largest absolute Gasteiger partial charge is 0.314 e. The Morgan fingerprint density at radius 1 is 1.38 bits per heavy atom. The van der Waals surface area contributed by atoms with Crippen LogP contribution in [0.4, 0.5) is 0 Å². The molecule has 2 nitrogen and oxygen atoms in total. The van der Waals surface area contributed by atoms with Gasteiger partial charge in [0.2, 0.25) is 0 Å². The summed E-state index contributed by atoms with van der Waals surface area (Å²) in [5.41, 5.74) is 1.69. The second-order valence-corrected chi connectivity index (χ2v) is 5.17. The van der Waals surface area contributed by atoms with Gasteiger partial charge < -0.3 is 10.2 Å². The minimum atomic E-state index is 0.782. The molecule has 0 aromatic carbocycles. The Morgan fingerprint density at radius 3 is 2.81 bits per heavy atom. The van der Waals surface area contributed by atoms with E-state index < -0.39 is 0 Å². The molecule has 1 aliphatic carbocycles. The van der Waals surface area contributed by atoms with Crippen molar-refractivity contribution in [3.63, 3.8) is 0 Å². The van der Waals surface area contributed by atoms with Gasteiger partial charge >= 0.3 is 0 Å². The number of likely N-dealkylation sites (tertiary alicyclic amines) is 1. The van der Waals surface area contributed by atoms with E-state index in [4.69, 9.17) is 0 Å². The van der Waals surface area contributed by atoms with Gasteiger partial charge in [0.05, 0.1) is 0 Å².